The molecular weight excluding hydrogens is 256 g/mol. The molecule has 0 spiro atoms. The molecule has 0 aliphatic heterocycles. The van der Waals surface area contributed by atoms with E-state index in [9.17, 15) is 9.59 Å². The van der Waals surface area contributed by atoms with Gasteiger partial charge in [0.1, 0.15) is 12.4 Å². The zero-order valence-corrected chi connectivity index (χ0v) is 11.0. The van der Waals surface area contributed by atoms with E-state index in [1.807, 2.05) is 0 Å². The van der Waals surface area contributed by atoms with Gasteiger partial charge in [0.05, 0.1) is 5.56 Å². The first-order valence-corrected chi connectivity index (χ1v) is 6.12. The number of carboxylic acid groups (broad SMARTS) is 1. The molecule has 1 N–H and O–H groups in total. The summed E-state index contributed by atoms with van der Waals surface area (Å²) >= 11 is 0. The van der Waals surface area contributed by atoms with Crippen LogP contribution >= 0.6 is 0 Å². The fourth-order valence-corrected chi connectivity index (χ4v) is 1.75. The number of hydrogen-bond acceptors (Lipinski definition) is 3. The SMILES string of the molecule is CC(=O)c1ccc(OCc2cccc(C(=O)O)c2)cc1. The predicted molar refractivity (Wildman–Crippen MR) is 74.2 cm³/mol. The highest BCUT2D eigenvalue weighted by atomic mass is 16.5. The quantitative estimate of drug-likeness (QED) is 0.847. The zero-order chi connectivity index (χ0) is 14.5. The van der Waals surface area contributed by atoms with Gasteiger partial charge in [0.2, 0.25) is 0 Å². The van der Waals surface area contributed by atoms with Crippen molar-refractivity contribution in [1.82, 2.24) is 0 Å². The Bertz CT molecular complexity index is 629. The van der Waals surface area contributed by atoms with Crippen LogP contribution in [-0.2, 0) is 6.61 Å². The van der Waals surface area contributed by atoms with Crippen LogP contribution in [0.25, 0.3) is 0 Å². The lowest BCUT2D eigenvalue weighted by molar-refractivity contribution is 0.0696. The number of hydrogen-bond donors (Lipinski definition) is 1. The van der Waals surface area contributed by atoms with Crippen LogP contribution in [0.15, 0.2) is 48.5 Å². The molecule has 0 aromatic heterocycles. The van der Waals surface area contributed by atoms with E-state index in [2.05, 4.69) is 0 Å². The predicted octanol–water partition coefficient (Wildman–Crippen LogP) is 3.17. The third kappa shape index (κ3) is 3.45. The monoisotopic (exact) mass is 270 g/mol. The maximum Gasteiger partial charge on any atom is 0.335 e. The van der Waals surface area contributed by atoms with E-state index in [0.717, 1.165) is 5.56 Å². The molecule has 0 amide bonds. The van der Waals surface area contributed by atoms with Crippen LogP contribution in [0.3, 0.4) is 0 Å². The average Bonchev–Trinajstić information content (AvgIpc) is 2.46. The number of Topliss-reactive ketones (excluding diaryl/α,β-unsaturated/α-hetero) is 1. The molecule has 4 nitrogen and oxygen atoms in total. The number of benzene rings is 2. The number of carbonyl (C=O) groups excluding carboxylic acids is 1. The zero-order valence-electron chi connectivity index (χ0n) is 11.0. The molecule has 20 heavy (non-hydrogen) atoms. The summed E-state index contributed by atoms with van der Waals surface area (Å²) in [4.78, 5) is 22.0. The standard InChI is InChI=1S/C16H14O4/c1-11(17)13-5-7-15(8-6-13)20-10-12-3-2-4-14(9-12)16(18)19/h2-9H,10H2,1H3,(H,18,19). The van der Waals surface area contributed by atoms with Gasteiger partial charge in [0, 0.05) is 5.56 Å². The molecule has 0 aliphatic carbocycles. The van der Waals surface area contributed by atoms with Crippen LogP contribution in [0.4, 0.5) is 0 Å². The van der Waals surface area contributed by atoms with Crippen molar-refractivity contribution < 1.29 is 19.4 Å². The minimum atomic E-state index is -0.960. The van der Waals surface area contributed by atoms with Gasteiger partial charge in [0.15, 0.2) is 5.78 Å². The Morgan fingerprint density at radius 1 is 1.05 bits per heavy atom. The van der Waals surface area contributed by atoms with E-state index in [1.165, 1.54) is 13.0 Å². The fourth-order valence-electron chi connectivity index (χ4n) is 1.75. The Balaban J connectivity index is 2.03. The van der Waals surface area contributed by atoms with Crippen molar-refractivity contribution in [3.8, 4) is 5.75 Å². The van der Waals surface area contributed by atoms with Gasteiger partial charge in [-0.15, -0.1) is 0 Å². The Labute approximate surface area is 116 Å². The van der Waals surface area contributed by atoms with Crippen LogP contribution in [0.1, 0.15) is 33.2 Å². The van der Waals surface area contributed by atoms with Crippen molar-refractivity contribution in [3.05, 3.63) is 65.2 Å². The van der Waals surface area contributed by atoms with Crippen LogP contribution in [-0.4, -0.2) is 16.9 Å². The van der Waals surface area contributed by atoms with Gasteiger partial charge < -0.3 is 9.84 Å². The normalized spacial score (nSPS) is 10.1. The Morgan fingerprint density at radius 3 is 2.35 bits per heavy atom. The topological polar surface area (TPSA) is 63.6 Å². The molecular formula is C16H14O4. The van der Waals surface area contributed by atoms with Crippen molar-refractivity contribution in [2.45, 2.75) is 13.5 Å². The molecule has 0 atom stereocenters. The number of carbonyl (C=O) groups is 2. The summed E-state index contributed by atoms with van der Waals surface area (Å²) in [5.74, 6) is -0.320. The largest absolute Gasteiger partial charge is 0.489 e. The highest BCUT2D eigenvalue weighted by molar-refractivity contribution is 5.94. The number of ketones is 1. The first-order valence-electron chi connectivity index (χ1n) is 6.12. The summed E-state index contributed by atoms with van der Waals surface area (Å²) in [5.41, 5.74) is 1.64. The van der Waals surface area contributed by atoms with E-state index in [1.54, 1.807) is 42.5 Å². The lowest BCUT2D eigenvalue weighted by Gasteiger charge is -2.07. The maximum absolute atomic E-state index is 11.1. The van der Waals surface area contributed by atoms with Gasteiger partial charge in [-0.05, 0) is 48.9 Å². The Hall–Kier alpha value is -2.62. The van der Waals surface area contributed by atoms with E-state index in [-0.39, 0.29) is 18.0 Å². The van der Waals surface area contributed by atoms with Crippen LogP contribution in [0.2, 0.25) is 0 Å². The van der Waals surface area contributed by atoms with Gasteiger partial charge in [-0.2, -0.15) is 0 Å². The molecule has 4 heteroatoms. The molecule has 0 radical (unpaired) electrons. The summed E-state index contributed by atoms with van der Waals surface area (Å²) in [5, 5.41) is 8.90. The lowest BCUT2D eigenvalue weighted by atomic mass is 10.1. The first kappa shape index (κ1) is 13.8. The molecule has 2 aromatic rings. The number of carboxylic acids is 1. The Kier molecular flexibility index (Phi) is 4.15. The second kappa shape index (κ2) is 6.02. The van der Waals surface area contributed by atoms with Crippen LogP contribution in [0, 0.1) is 0 Å². The molecule has 102 valence electrons. The highest BCUT2D eigenvalue weighted by Gasteiger charge is 2.04. The van der Waals surface area contributed by atoms with Crippen LogP contribution in [0.5, 0.6) is 5.75 Å². The Morgan fingerprint density at radius 2 is 1.75 bits per heavy atom. The van der Waals surface area contributed by atoms with E-state index in [4.69, 9.17) is 9.84 Å². The summed E-state index contributed by atoms with van der Waals surface area (Å²) in [6, 6.07) is 13.4. The highest BCUT2D eigenvalue weighted by Crippen LogP contribution is 2.15. The van der Waals surface area contributed by atoms with Gasteiger partial charge in [-0.1, -0.05) is 12.1 Å². The lowest BCUT2D eigenvalue weighted by Crippen LogP contribution is -2.00. The number of aromatic carboxylic acids is 1. The molecule has 0 heterocycles. The molecule has 0 unspecified atom stereocenters. The fraction of sp³-hybridized carbons (Fsp3) is 0.125. The molecule has 0 fully saturated rings. The van der Waals surface area contributed by atoms with Gasteiger partial charge in [-0.3, -0.25) is 4.79 Å². The van der Waals surface area contributed by atoms with Gasteiger partial charge >= 0.3 is 5.97 Å². The van der Waals surface area contributed by atoms with Gasteiger partial charge in [0.25, 0.3) is 0 Å². The molecule has 2 rings (SSSR count). The van der Waals surface area contributed by atoms with Crippen LogP contribution < -0.4 is 4.74 Å². The third-order valence-corrected chi connectivity index (χ3v) is 2.84. The molecule has 0 aliphatic rings. The van der Waals surface area contributed by atoms with Crippen molar-refractivity contribution >= 4 is 11.8 Å². The molecule has 0 bridgehead atoms. The van der Waals surface area contributed by atoms with E-state index >= 15 is 0 Å². The summed E-state index contributed by atoms with van der Waals surface area (Å²) in [6.07, 6.45) is 0. The third-order valence-electron chi connectivity index (χ3n) is 2.84. The molecule has 0 saturated carbocycles. The minimum Gasteiger partial charge on any atom is -0.489 e. The smallest absolute Gasteiger partial charge is 0.335 e. The maximum atomic E-state index is 11.1. The summed E-state index contributed by atoms with van der Waals surface area (Å²) < 4.78 is 5.56. The average molecular weight is 270 g/mol. The van der Waals surface area contributed by atoms with E-state index in [0.29, 0.717) is 11.3 Å². The first-order chi connectivity index (χ1) is 9.56. The summed E-state index contributed by atoms with van der Waals surface area (Å²) in [7, 11) is 0. The van der Waals surface area contributed by atoms with Gasteiger partial charge in [-0.25, -0.2) is 4.79 Å². The number of ether oxygens (including phenoxy) is 1. The second-order valence-corrected chi connectivity index (χ2v) is 4.37. The van der Waals surface area contributed by atoms with Crippen molar-refractivity contribution in [3.63, 3.8) is 0 Å². The number of rotatable bonds is 5. The molecule has 0 saturated heterocycles. The summed E-state index contributed by atoms with van der Waals surface area (Å²) in [6.45, 7) is 1.79. The van der Waals surface area contributed by atoms with Crippen molar-refractivity contribution in [1.29, 1.82) is 0 Å². The van der Waals surface area contributed by atoms with Crippen molar-refractivity contribution in [2.75, 3.05) is 0 Å². The second-order valence-electron chi connectivity index (χ2n) is 4.37. The molecule has 2 aromatic carbocycles. The van der Waals surface area contributed by atoms with E-state index < -0.39 is 5.97 Å². The van der Waals surface area contributed by atoms with Crippen molar-refractivity contribution in [2.24, 2.45) is 0 Å². The minimum absolute atomic E-state index is 0.00529.